The van der Waals surface area contributed by atoms with Crippen molar-refractivity contribution in [2.45, 2.75) is 56.2 Å². The van der Waals surface area contributed by atoms with Gasteiger partial charge in [-0.3, -0.25) is 28.8 Å². The van der Waals surface area contributed by atoms with Gasteiger partial charge in [0.1, 0.15) is 34.7 Å². The van der Waals surface area contributed by atoms with Crippen molar-refractivity contribution in [2.24, 2.45) is 17.8 Å². The summed E-state index contributed by atoms with van der Waals surface area (Å²) in [7, 11) is -10.8. The molecule has 0 bridgehead atoms. The Hall–Kier alpha value is -3.95. The van der Waals surface area contributed by atoms with Crippen LogP contribution in [0.25, 0.3) is 0 Å². The molecule has 16 heteroatoms. The third kappa shape index (κ3) is 15.7. The molecule has 0 saturated carbocycles. The van der Waals surface area contributed by atoms with Crippen LogP contribution in [0.4, 0.5) is 0 Å². The number of benzene rings is 3. The zero-order valence-corrected chi connectivity index (χ0v) is 33.0. The van der Waals surface area contributed by atoms with Crippen molar-refractivity contribution in [3.8, 4) is 0 Å². The Morgan fingerprint density at radius 1 is 0.365 bits per heavy atom. The van der Waals surface area contributed by atoms with Crippen molar-refractivity contribution in [1.29, 1.82) is 0 Å². The first-order valence-corrected chi connectivity index (χ1v) is 20.3. The van der Waals surface area contributed by atoms with E-state index in [1.165, 1.54) is 77.9 Å². The van der Waals surface area contributed by atoms with Crippen LogP contribution in [0.5, 0.6) is 0 Å². The van der Waals surface area contributed by atoms with Gasteiger partial charge in [-0.05, 0) is 77.9 Å². The maximum absolute atomic E-state index is 11.9. The zero-order chi connectivity index (χ0) is 39.2. The van der Waals surface area contributed by atoms with E-state index >= 15 is 0 Å². The Kier molecular flexibility index (Phi) is 19.9. The molecule has 3 aromatic carbocycles. The smallest absolute Gasteiger partial charge is 0.179 e. The molecule has 3 rings (SSSR count). The van der Waals surface area contributed by atoms with Crippen LogP contribution >= 0.6 is 0 Å². The molecular weight excluding hydrogens is 776 g/mol. The first-order valence-electron chi connectivity index (χ1n) is 15.4. The van der Waals surface area contributed by atoms with Crippen LogP contribution in [0.2, 0.25) is 0 Å². The molecular formula is C36H42FeO12S3. The van der Waals surface area contributed by atoms with Gasteiger partial charge in [-0.25, -0.2) is 25.3 Å². The van der Waals surface area contributed by atoms with E-state index in [2.05, 4.69) is 0 Å². The van der Waals surface area contributed by atoms with Crippen LogP contribution < -0.4 is 0 Å². The van der Waals surface area contributed by atoms with Crippen LogP contribution in [0.15, 0.2) is 106 Å². The van der Waals surface area contributed by atoms with Gasteiger partial charge in [-0.2, -0.15) is 0 Å². The Morgan fingerprint density at radius 2 is 0.519 bits per heavy atom. The van der Waals surface area contributed by atoms with Crippen LogP contribution in [0, 0.1) is 17.8 Å². The summed E-state index contributed by atoms with van der Waals surface area (Å²) in [4.78, 5) is 67.7. The molecule has 52 heavy (non-hydrogen) atoms. The number of carbonyl (C=O) groups excluding carboxylic acids is 6. The molecule has 0 aliphatic heterocycles. The first-order chi connectivity index (χ1) is 23.5. The summed E-state index contributed by atoms with van der Waals surface area (Å²) in [5.41, 5.74) is 0. The summed E-state index contributed by atoms with van der Waals surface area (Å²) in [6.45, 7) is 7.37. The van der Waals surface area contributed by atoms with Gasteiger partial charge in [0.05, 0.1) is 49.7 Å². The number of hydrogen-bond acceptors (Lipinski definition) is 12. The minimum atomic E-state index is -3.59. The molecule has 0 unspecified atom stereocenters. The molecule has 0 aliphatic rings. The Labute approximate surface area is 316 Å². The minimum absolute atomic E-state index is 0. The van der Waals surface area contributed by atoms with Crippen LogP contribution in [-0.2, 0) is 75.3 Å². The molecule has 12 nitrogen and oxygen atoms in total. The SMILES string of the molecule is CC(=O)C(CS(=O)(=O)c1ccccc1)C(C)=O.CC(=O)C(CS(=O)(=O)c1ccccc1)C(C)=O.CC(=O)C(CS(=O)(=O)c1ccccc1)C(C)=O.[Fe]. The minimum Gasteiger partial charge on any atom is -0.299 e. The fourth-order valence-electron chi connectivity index (χ4n) is 4.39. The van der Waals surface area contributed by atoms with E-state index < -0.39 is 99.2 Å². The number of carbonyl (C=O) groups is 6. The fourth-order valence-corrected chi connectivity index (χ4v) is 9.41. The predicted molar refractivity (Wildman–Crippen MR) is 190 cm³/mol. The molecule has 3 aromatic rings. The largest absolute Gasteiger partial charge is 0.299 e. The van der Waals surface area contributed by atoms with E-state index in [-0.39, 0.29) is 31.8 Å². The second-order valence-electron chi connectivity index (χ2n) is 11.6. The monoisotopic (exact) mass is 818 g/mol. The second kappa shape index (κ2) is 21.5. The molecule has 0 heterocycles. The van der Waals surface area contributed by atoms with Gasteiger partial charge in [0, 0.05) is 17.1 Å². The van der Waals surface area contributed by atoms with E-state index in [4.69, 9.17) is 0 Å². The summed E-state index contributed by atoms with van der Waals surface area (Å²) in [5, 5.41) is 0. The van der Waals surface area contributed by atoms with Crippen molar-refractivity contribution >= 4 is 64.2 Å². The van der Waals surface area contributed by atoms with E-state index in [1.807, 2.05) is 0 Å². The molecule has 0 radical (unpaired) electrons. The molecule has 0 amide bonds. The van der Waals surface area contributed by atoms with Gasteiger partial charge < -0.3 is 0 Å². The van der Waals surface area contributed by atoms with Crippen LogP contribution in [0.1, 0.15) is 41.5 Å². The summed E-state index contributed by atoms with van der Waals surface area (Å²) < 4.78 is 71.7. The third-order valence-corrected chi connectivity index (χ3v) is 12.7. The van der Waals surface area contributed by atoms with E-state index in [1.54, 1.807) is 54.6 Å². The quantitative estimate of drug-likeness (QED) is 0.159. The summed E-state index contributed by atoms with van der Waals surface area (Å²) in [6, 6.07) is 23.4. The number of hydrogen-bond donors (Lipinski definition) is 0. The van der Waals surface area contributed by atoms with Gasteiger partial charge in [-0.15, -0.1) is 0 Å². The molecule has 284 valence electrons. The molecule has 0 atom stereocenters. The molecule has 0 N–H and O–H groups in total. The average Bonchev–Trinajstić information content (AvgIpc) is 3.06. The normalized spacial score (nSPS) is 11.2. The van der Waals surface area contributed by atoms with Gasteiger partial charge >= 0.3 is 0 Å². The van der Waals surface area contributed by atoms with Gasteiger partial charge in [0.2, 0.25) is 0 Å². The predicted octanol–water partition coefficient (Wildman–Crippen LogP) is 3.76. The van der Waals surface area contributed by atoms with Crippen molar-refractivity contribution in [3.05, 3.63) is 91.0 Å². The third-order valence-electron chi connectivity index (χ3n) is 7.41. The number of sulfone groups is 3. The van der Waals surface area contributed by atoms with Gasteiger partial charge in [-0.1, -0.05) is 54.6 Å². The average molecular weight is 819 g/mol. The second-order valence-corrected chi connectivity index (χ2v) is 17.7. The van der Waals surface area contributed by atoms with Crippen LogP contribution in [0.3, 0.4) is 0 Å². The van der Waals surface area contributed by atoms with Crippen molar-refractivity contribution in [1.82, 2.24) is 0 Å². The van der Waals surface area contributed by atoms with E-state index in [0.29, 0.717) is 0 Å². The summed E-state index contributed by atoms with van der Waals surface area (Å²) >= 11 is 0. The first kappa shape index (κ1) is 48.0. The Bertz CT molecular complexity index is 1750. The number of ketones is 6. The van der Waals surface area contributed by atoms with E-state index in [9.17, 15) is 54.0 Å². The van der Waals surface area contributed by atoms with Gasteiger partial charge in [0.15, 0.2) is 29.5 Å². The molecule has 0 saturated heterocycles. The summed E-state index contributed by atoms with van der Waals surface area (Å²) in [6.07, 6.45) is 0. The van der Waals surface area contributed by atoms with Crippen molar-refractivity contribution in [3.63, 3.8) is 0 Å². The van der Waals surface area contributed by atoms with Crippen molar-refractivity contribution < 1.29 is 71.1 Å². The van der Waals surface area contributed by atoms with Crippen molar-refractivity contribution in [2.75, 3.05) is 17.3 Å². The maximum atomic E-state index is 11.9. The zero-order valence-electron chi connectivity index (χ0n) is 29.5. The molecule has 0 spiro atoms. The Balaban J connectivity index is 0.000000743. The summed E-state index contributed by atoms with van der Waals surface area (Å²) in [5.74, 6) is -7.09. The van der Waals surface area contributed by atoms with Crippen LogP contribution in [-0.4, -0.2) is 77.2 Å². The Morgan fingerprint density at radius 3 is 0.654 bits per heavy atom. The topological polar surface area (TPSA) is 205 Å². The maximum Gasteiger partial charge on any atom is 0.179 e. The van der Waals surface area contributed by atoms with E-state index in [0.717, 1.165) is 0 Å². The number of Topliss-reactive ketones (excluding diaryl/α,β-unsaturated/α-hetero) is 6. The number of rotatable bonds is 15. The molecule has 0 fully saturated rings. The standard InChI is InChI=1S/3C12H14O4S.Fe/c3*1-9(13)12(10(2)14)8-17(15,16)11-6-4-3-5-7-11;/h3*3-7,12H,8H2,1-2H3;. The fraction of sp³-hybridized carbons (Fsp3) is 0.333. The van der Waals surface area contributed by atoms with Gasteiger partial charge in [0.25, 0.3) is 0 Å². The molecule has 0 aromatic heterocycles. The molecule has 0 aliphatic carbocycles.